The fourth-order valence-electron chi connectivity index (χ4n) is 1.76. The van der Waals surface area contributed by atoms with E-state index in [-0.39, 0.29) is 12.4 Å². The highest BCUT2D eigenvalue weighted by molar-refractivity contribution is 5.85. The third kappa shape index (κ3) is 3.45. The maximum Gasteiger partial charge on any atom is 0.0116 e. The number of halogens is 1. The minimum absolute atomic E-state index is 0. The summed E-state index contributed by atoms with van der Waals surface area (Å²) in [5.41, 5.74) is 9.24. The molecule has 1 nitrogen and oxygen atoms in total. The predicted octanol–water partition coefficient (Wildman–Crippen LogP) is 3.50. The van der Waals surface area contributed by atoms with Crippen molar-refractivity contribution >= 4 is 18.0 Å². The monoisotopic (exact) mass is 245 g/mol. The first-order valence-corrected chi connectivity index (χ1v) is 5.43. The van der Waals surface area contributed by atoms with Gasteiger partial charge in [0.2, 0.25) is 0 Å². The van der Waals surface area contributed by atoms with Gasteiger partial charge in [-0.15, -0.1) is 12.4 Å². The molecule has 2 aromatic rings. The summed E-state index contributed by atoms with van der Waals surface area (Å²) >= 11 is 0. The van der Waals surface area contributed by atoms with Crippen molar-refractivity contribution in [1.82, 2.24) is 0 Å². The third-order valence-electron chi connectivity index (χ3n) is 2.49. The molecule has 0 aromatic heterocycles. The minimum Gasteiger partial charge on any atom is -0.327 e. The second kappa shape index (κ2) is 6.89. The van der Waals surface area contributed by atoms with Crippen LogP contribution in [0.5, 0.6) is 0 Å². The van der Waals surface area contributed by atoms with Crippen LogP contribution >= 0.6 is 12.4 Å². The summed E-state index contributed by atoms with van der Waals surface area (Å²) in [5, 5.41) is 0. The summed E-state index contributed by atoms with van der Waals surface area (Å²) in [6.07, 6.45) is 2.06. The molecule has 0 amide bonds. The molecule has 0 heterocycles. The Kier molecular flexibility index (Phi) is 5.47. The lowest BCUT2D eigenvalue weighted by molar-refractivity contribution is 1.25. The molecule has 0 radical (unpaired) electrons. The second-order valence-electron chi connectivity index (χ2n) is 3.59. The molecule has 2 rings (SSSR count). The lowest BCUT2D eigenvalue weighted by Gasteiger charge is -2.07. The van der Waals surface area contributed by atoms with Crippen LogP contribution in [0.25, 0.3) is 5.57 Å². The first kappa shape index (κ1) is 13.5. The smallest absolute Gasteiger partial charge is 0.0116 e. The number of hydrogen-bond donors (Lipinski definition) is 1. The van der Waals surface area contributed by atoms with Gasteiger partial charge in [-0.2, -0.15) is 0 Å². The van der Waals surface area contributed by atoms with E-state index in [0.717, 1.165) is 0 Å². The van der Waals surface area contributed by atoms with E-state index in [1.807, 2.05) is 36.4 Å². The molecule has 0 saturated carbocycles. The van der Waals surface area contributed by atoms with Crippen molar-refractivity contribution in [1.29, 1.82) is 0 Å². The van der Waals surface area contributed by atoms with Gasteiger partial charge in [0.05, 0.1) is 0 Å². The van der Waals surface area contributed by atoms with Gasteiger partial charge >= 0.3 is 0 Å². The minimum atomic E-state index is 0. The van der Waals surface area contributed by atoms with Crippen LogP contribution < -0.4 is 5.73 Å². The summed E-state index contributed by atoms with van der Waals surface area (Å²) in [6, 6.07) is 20.6. The summed E-state index contributed by atoms with van der Waals surface area (Å²) in [6.45, 7) is 0.555. The van der Waals surface area contributed by atoms with Crippen LogP contribution in [0, 0.1) is 0 Å². The van der Waals surface area contributed by atoms with Crippen molar-refractivity contribution in [3.05, 3.63) is 77.9 Å². The summed E-state index contributed by atoms with van der Waals surface area (Å²) in [5.74, 6) is 0. The Bertz CT molecular complexity index is 421. The van der Waals surface area contributed by atoms with E-state index in [9.17, 15) is 0 Å². The molecule has 0 unspecified atom stereocenters. The average Bonchev–Trinajstić information content (AvgIpc) is 2.38. The van der Waals surface area contributed by atoms with Crippen molar-refractivity contribution in [3.8, 4) is 0 Å². The maximum atomic E-state index is 5.63. The highest BCUT2D eigenvalue weighted by atomic mass is 35.5. The molecule has 0 bridgehead atoms. The molecular weight excluding hydrogens is 230 g/mol. The first-order valence-electron chi connectivity index (χ1n) is 5.43. The van der Waals surface area contributed by atoms with Crippen molar-refractivity contribution in [2.45, 2.75) is 0 Å². The fourth-order valence-corrected chi connectivity index (χ4v) is 1.76. The highest BCUT2D eigenvalue weighted by Crippen LogP contribution is 2.22. The normalized spacial score (nSPS) is 9.24. The van der Waals surface area contributed by atoms with Gasteiger partial charge in [0.25, 0.3) is 0 Å². The van der Waals surface area contributed by atoms with Gasteiger partial charge < -0.3 is 5.73 Å². The molecule has 2 N–H and O–H groups in total. The Labute approximate surface area is 108 Å². The molecule has 0 saturated heterocycles. The van der Waals surface area contributed by atoms with Crippen LogP contribution in [0.15, 0.2) is 66.7 Å². The van der Waals surface area contributed by atoms with Gasteiger partial charge in [-0.25, -0.2) is 0 Å². The quantitative estimate of drug-likeness (QED) is 0.880. The fraction of sp³-hybridized carbons (Fsp3) is 0.0667. The van der Waals surface area contributed by atoms with Gasteiger partial charge in [0.15, 0.2) is 0 Å². The summed E-state index contributed by atoms with van der Waals surface area (Å²) in [7, 11) is 0. The van der Waals surface area contributed by atoms with Crippen molar-refractivity contribution in [2.75, 3.05) is 6.54 Å². The maximum absolute atomic E-state index is 5.63. The van der Waals surface area contributed by atoms with E-state index in [4.69, 9.17) is 5.73 Å². The van der Waals surface area contributed by atoms with Crippen LogP contribution in [-0.2, 0) is 0 Å². The van der Waals surface area contributed by atoms with Crippen LogP contribution in [0.3, 0.4) is 0 Å². The van der Waals surface area contributed by atoms with E-state index in [2.05, 4.69) is 30.3 Å². The highest BCUT2D eigenvalue weighted by Gasteiger charge is 2.02. The SMILES string of the molecule is Cl.NCC=C(c1ccccc1)c1ccccc1. The molecule has 0 aliphatic carbocycles. The number of benzene rings is 2. The third-order valence-corrected chi connectivity index (χ3v) is 2.49. The molecule has 0 fully saturated rings. The van der Waals surface area contributed by atoms with E-state index >= 15 is 0 Å². The van der Waals surface area contributed by atoms with E-state index in [0.29, 0.717) is 6.54 Å². The van der Waals surface area contributed by atoms with Gasteiger partial charge in [0.1, 0.15) is 0 Å². The van der Waals surface area contributed by atoms with Gasteiger partial charge in [-0.05, 0) is 16.7 Å². The van der Waals surface area contributed by atoms with E-state index in [1.54, 1.807) is 0 Å². The molecular formula is C15H16ClN. The molecule has 0 atom stereocenters. The number of hydrogen-bond acceptors (Lipinski definition) is 1. The zero-order chi connectivity index (χ0) is 11.2. The number of rotatable bonds is 3. The molecule has 2 heteroatoms. The van der Waals surface area contributed by atoms with Crippen LogP contribution in [0.1, 0.15) is 11.1 Å². The van der Waals surface area contributed by atoms with Crippen molar-refractivity contribution in [3.63, 3.8) is 0 Å². The van der Waals surface area contributed by atoms with Gasteiger partial charge in [-0.1, -0.05) is 66.7 Å². The largest absolute Gasteiger partial charge is 0.327 e. The summed E-state index contributed by atoms with van der Waals surface area (Å²) in [4.78, 5) is 0. The Hall–Kier alpha value is -1.57. The molecule has 0 spiro atoms. The lowest BCUT2D eigenvalue weighted by atomic mass is 9.98. The van der Waals surface area contributed by atoms with Crippen LogP contribution in [0.2, 0.25) is 0 Å². The summed E-state index contributed by atoms with van der Waals surface area (Å²) < 4.78 is 0. The zero-order valence-electron chi connectivity index (χ0n) is 9.54. The van der Waals surface area contributed by atoms with Gasteiger partial charge in [0, 0.05) is 6.54 Å². The van der Waals surface area contributed by atoms with Crippen LogP contribution in [-0.4, -0.2) is 6.54 Å². The first-order chi connectivity index (χ1) is 7.92. The predicted molar refractivity (Wildman–Crippen MR) is 76.3 cm³/mol. The topological polar surface area (TPSA) is 26.0 Å². The second-order valence-corrected chi connectivity index (χ2v) is 3.59. The van der Waals surface area contributed by atoms with Crippen molar-refractivity contribution < 1.29 is 0 Å². The lowest BCUT2D eigenvalue weighted by Crippen LogP contribution is -1.97. The Morgan fingerprint density at radius 3 is 1.59 bits per heavy atom. The molecule has 17 heavy (non-hydrogen) atoms. The molecule has 88 valence electrons. The van der Waals surface area contributed by atoms with E-state index < -0.39 is 0 Å². The molecule has 2 aromatic carbocycles. The van der Waals surface area contributed by atoms with Crippen LogP contribution in [0.4, 0.5) is 0 Å². The molecule has 0 aliphatic rings. The van der Waals surface area contributed by atoms with Gasteiger partial charge in [-0.3, -0.25) is 0 Å². The Balaban J connectivity index is 0.00000144. The van der Waals surface area contributed by atoms with E-state index in [1.165, 1.54) is 16.7 Å². The Morgan fingerprint density at radius 1 is 0.824 bits per heavy atom. The Morgan fingerprint density at radius 2 is 1.24 bits per heavy atom. The zero-order valence-corrected chi connectivity index (χ0v) is 10.4. The standard InChI is InChI=1S/C15H15N.ClH/c16-12-11-15(13-7-3-1-4-8-13)14-9-5-2-6-10-14;/h1-11H,12,16H2;1H. The van der Waals surface area contributed by atoms with Crippen molar-refractivity contribution in [2.24, 2.45) is 5.73 Å². The molecule has 0 aliphatic heterocycles. The average molecular weight is 246 g/mol. The number of nitrogens with two attached hydrogens (primary N) is 1.